The summed E-state index contributed by atoms with van der Waals surface area (Å²) in [6.45, 7) is 8.54. The maximum Gasteiger partial charge on any atom is 0.346 e. The van der Waals surface area contributed by atoms with Gasteiger partial charge in [0.25, 0.3) is 0 Å². The van der Waals surface area contributed by atoms with E-state index in [-0.39, 0.29) is 17.3 Å². The molecule has 0 aromatic rings. The summed E-state index contributed by atoms with van der Waals surface area (Å²) in [5, 5.41) is 0. The minimum atomic E-state index is -1.24. The second-order valence-corrected chi connectivity index (χ2v) is 8.83. The summed E-state index contributed by atoms with van der Waals surface area (Å²) in [6.07, 6.45) is 16.5. The van der Waals surface area contributed by atoms with Crippen molar-refractivity contribution in [1.29, 1.82) is 0 Å². The Labute approximate surface area is 172 Å². The Hall–Kier alpha value is -2.62. The first-order valence-corrected chi connectivity index (χ1v) is 10.3. The lowest BCUT2D eigenvalue weighted by atomic mass is 9.61. The van der Waals surface area contributed by atoms with Crippen LogP contribution in [0.1, 0.15) is 47.0 Å². The summed E-state index contributed by atoms with van der Waals surface area (Å²) >= 11 is 0. The Bertz CT molecular complexity index is 955. The van der Waals surface area contributed by atoms with E-state index < -0.39 is 17.0 Å². The molecule has 0 amide bonds. The van der Waals surface area contributed by atoms with Gasteiger partial charge in [0, 0.05) is 6.42 Å². The maximum absolute atomic E-state index is 13.8. The summed E-state index contributed by atoms with van der Waals surface area (Å²) in [4.78, 5) is 26.7. The van der Waals surface area contributed by atoms with E-state index in [1.807, 2.05) is 19.9 Å². The van der Waals surface area contributed by atoms with E-state index in [2.05, 4.69) is 44.2 Å². The number of carbonyl (C=O) groups excluding carboxylic acids is 2. The van der Waals surface area contributed by atoms with Crippen molar-refractivity contribution in [2.24, 2.45) is 11.3 Å². The lowest BCUT2D eigenvalue weighted by molar-refractivity contribution is -0.162. The fraction of sp³-hybridized carbons (Fsp3) is 0.440. The largest absolute Gasteiger partial charge is 0.488 e. The monoisotopic (exact) mass is 392 g/mol. The van der Waals surface area contributed by atoms with Crippen LogP contribution in [0.3, 0.4) is 0 Å². The predicted molar refractivity (Wildman–Crippen MR) is 112 cm³/mol. The van der Waals surface area contributed by atoms with Crippen LogP contribution in [0.15, 0.2) is 70.6 Å². The summed E-state index contributed by atoms with van der Waals surface area (Å²) in [7, 11) is 0. The number of ketones is 1. The van der Waals surface area contributed by atoms with Crippen molar-refractivity contribution in [3.05, 3.63) is 70.6 Å². The van der Waals surface area contributed by atoms with Crippen LogP contribution >= 0.6 is 0 Å². The van der Waals surface area contributed by atoms with Gasteiger partial charge < -0.3 is 9.47 Å². The molecule has 0 aromatic carbocycles. The smallest absolute Gasteiger partial charge is 0.346 e. The number of hydrogen-bond donors (Lipinski definition) is 0. The Morgan fingerprint density at radius 1 is 1.07 bits per heavy atom. The molecule has 5 aliphatic rings. The molecule has 3 atom stereocenters. The second kappa shape index (κ2) is 7.01. The number of ether oxygens (including phenoxy) is 2. The zero-order valence-electron chi connectivity index (χ0n) is 17.6. The van der Waals surface area contributed by atoms with E-state index in [1.165, 1.54) is 5.57 Å². The average Bonchev–Trinajstić information content (AvgIpc) is 2.91. The van der Waals surface area contributed by atoms with E-state index >= 15 is 0 Å². The number of allylic oxidation sites excluding steroid dienone is 6. The fourth-order valence-corrected chi connectivity index (χ4v) is 4.83. The van der Waals surface area contributed by atoms with Gasteiger partial charge in [-0.1, -0.05) is 54.5 Å². The van der Waals surface area contributed by atoms with Gasteiger partial charge in [0.2, 0.25) is 5.78 Å². The topological polar surface area (TPSA) is 52.6 Å². The third kappa shape index (κ3) is 3.15. The van der Waals surface area contributed by atoms with Crippen LogP contribution in [-0.4, -0.2) is 24.0 Å². The Morgan fingerprint density at radius 3 is 2.59 bits per heavy atom. The van der Waals surface area contributed by atoms with E-state index in [9.17, 15) is 9.59 Å². The minimum absolute atomic E-state index is 0.0446. The lowest BCUT2D eigenvalue weighted by Gasteiger charge is -2.45. The van der Waals surface area contributed by atoms with Crippen molar-refractivity contribution >= 4 is 11.8 Å². The third-order valence-electron chi connectivity index (χ3n) is 6.57. The molecular formula is C25H28O4. The first kappa shape index (κ1) is 19.7. The van der Waals surface area contributed by atoms with Crippen molar-refractivity contribution in [2.45, 2.75) is 52.6 Å². The molecule has 0 aromatic heterocycles. The molecule has 5 rings (SSSR count). The van der Waals surface area contributed by atoms with E-state index in [1.54, 1.807) is 6.08 Å². The van der Waals surface area contributed by atoms with Crippen molar-refractivity contribution in [3.8, 4) is 0 Å². The van der Waals surface area contributed by atoms with Crippen molar-refractivity contribution < 1.29 is 19.1 Å². The van der Waals surface area contributed by atoms with Gasteiger partial charge in [-0.3, -0.25) is 4.79 Å². The molecule has 0 N–H and O–H groups in total. The molecule has 1 saturated heterocycles. The molecule has 3 aliphatic heterocycles. The quantitative estimate of drug-likeness (QED) is 0.334. The summed E-state index contributed by atoms with van der Waals surface area (Å²) in [5.41, 5.74) is 1.38. The molecule has 2 aliphatic carbocycles. The van der Waals surface area contributed by atoms with Crippen LogP contribution in [0.2, 0.25) is 0 Å². The molecule has 4 bridgehead atoms. The van der Waals surface area contributed by atoms with Crippen molar-refractivity contribution in [2.75, 3.05) is 6.61 Å². The van der Waals surface area contributed by atoms with Gasteiger partial charge in [0.15, 0.2) is 5.60 Å². The highest BCUT2D eigenvalue weighted by Gasteiger charge is 2.63. The molecule has 3 unspecified atom stereocenters. The zero-order chi connectivity index (χ0) is 20.8. The van der Waals surface area contributed by atoms with Gasteiger partial charge in [0.05, 0.1) is 5.41 Å². The number of fused-ring (bicyclic) bond motifs is 5. The number of rotatable bonds is 0. The number of carbonyl (C=O) groups is 2. The predicted octanol–water partition coefficient (Wildman–Crippen LogP) is 4.91. The number of esters is 1. The molecule has 4 nitrogen and oxygen atoms in total. The second-order valence-electron chi connectivity index (χ2n) is 8.83. The first-order valence-electron chi connectivity index (χ1n) is 10.3. The Morgan fingerprint density at radius 2 is 1.86 bits per heavy atom. The minimum Gasteiger partial charge on any atom is -0.488 e. The van der Waals surface area contributed by atoms with Gasteiger partial charge in [0.1, 0.15) is 17.9 Å². The number of hydrogen-bond acceptors (Lipinski definition) is 4. The van der Waals surface area contributed by atoms with Crippen LogP contribution in [-0.2, 0) is 19.1 Å². The van der Waals surface area contributed by atoms with Crippen molar-refractivity contribution in [1.82, 2.24) is 0 Å². The third-order valence-corrected chi connectivity index (χ3v) is 6.57. The van der Waals surface area contributed by atoms with Crippen molar-refractivity contribution in [3.63, 3.8) is 0 Å². The standard InChI is InChI=1S/C25H28O4/c1-16-8-6-5-7-9-19-10-11-20(28-15-19)21-22(26)25(29-23(21)27)14-18(3)17(2)13-24(25,4)12-16/h6,8-13,18H,5,7,14-15H2,1-4H3/b8-6?,16-12?,19-9?,21-20+. The van der Waals surface area contributed by atoms with Gasteiger partial charge in [-0.05, 0) is 51.2 Å². The van der Waals surface area contributed by atoms with Gasteiger partial charge >= 0.3 is 5.97 Å². The van der Waals surface area contributed by atoms with Gasteiger partial charge in [-0.25, -0.2) is 4.79 Å². The van der Waals surface area contributed by atoms with Crippen LogP contribution in [0, 0.1) is 11.3 Å². The van der Waals surface area contributed by atoms with E-state index in [0.29, 0.717) is 18.8 Å². The van der Waals surface area contributed by atoms with Crippen LogP contribution in [0.5, 0.6) is 0 Å². The Balaban J connectivity index is 1.95. The summed E-state index contributed by atoms with van der Waals surface area (Å²) in [5.74, 6) is -0.380. The zero-order valence-corrected chi connectivity index (χ0v) is 17.6. The Kier molecular flexibility index (Phi) is 4.76. The van der Waals surface area contributed by atoms with Crippen LogP contribution < -0.4 is 0 Å². The maximum atomic E-state index is 13.8. The van der Waals surface area contributed by atoms with E-state index in [4.69, 9.17) is 9.47 Å². The molecule has 3 heterocycles. The molecule has 0 saturated carbocycles. The molecular weight excluding hydrogens is 364 g/mol. The molecule has 0 radical (unpaired) electrons. The first-order chi connectivity index (χ1) is 13.8. The van der Waals surface area contributed by atoms with Crippen LogP contribution in [0.25, 0.3) is 0 Å². The molecule has 29 heavy (non-hydrogen) atoms. The SMILES string of the molecule is CC1=CC2(C)C=C(C)C(C)CC23OC(=O)/C(=C2\C=CC(=CCCC=C1)CO2)C3=O. The molecule has 4 heteroatoms. The summed E-state index contributed by atoms with van der Waals surface area (Å²) < 4.78 is 11.8. The summed E-state index contributed by atoms with van der Waals surface area (Å²) in [6, 6.07) is 0. The van der Waals surface area contributed by atoms with Gasteiger partial charge in [-0.15, -0.1) is 0 Å². The molecule has 152 valence electrons. The lowest BCUT2D eigenvalue weighted by Crippen LogP contribution is -2.53. The normalized spacial score (nSPS) is 37.0. The highest BCUT2D eigenvalue weighted by atomic mass is 16.6. The highest BCUT2D eigenvalue weighted by molar-refractivity contribution is 6.26. The fourth-order valence-electron chi connectivity index (χ4n) is 4.83. The van der Waals surface area contributed by atoms with E-state index in [0.717, 1.165) is 24.0 Å². The molecule has 1 spiro atoms. The average molecular weight is 392 g/mol. The number of Topliss-reactive ketones (excluding diaryl/α,β-unsaturated/α-hetero) is 1. The molecule has 1 fully saturated rings. The highest BCUT2D eigenvalue weighted by Crippen LogP contribution is 2.53. The van der Waals surface area contributed by atoms with Gasteiger partial charge in [-0.2, -0.15) is 0 Å². The van der Waals surface area contributed by atoms with Crippen LogP contribution in [0.4, 0.5) is 0 Å².